The summed E-state index contributed by atoms with van der Waals surface area (Å²) in [5.41, 5.74) is -0.351. The number of aliphatic carboxylic acids is 1. The number of aliphatic hydroxyl groups excluding tert-OH is 2. The fraction of sp³-hybridized carbons (Fsp3) is 0.960. The average Bonchev–Trinajstić information content (AvgIpc) is 3.05. The Morgan fingerprint density at radius 1 is 1.09 bits per heavy atom. The summed E-state index contributed by atoms with van der Waals surface area (Å²) in [6, 6.07) is 0. The van der Waals surface area contributed by atoms with Crippen molar-refractivity contribution >= 4 is 16.1 Å². The monoisotopic (exact) mass is 486 g/mol. The van der Waals surface area contributed by atoms with Crippen molar-refractivity contribution < 1.29 is 32.7 Å². The summed E-state index contributed by atoms with van der Waals surface area (Å²) in [7, 11) is -3.51. The fourth-order valence-corrected chi connectivity index (χ4v) is 9.67. The molecule has 4 aliphatic rings. The third kappa shape index (κ3) is 4.38. The smallest absolute Gasteiger partial charge is 0.303 e. The number of carboxylic acid groups (broad SMARTS) is 1. The van der Waals surface area contributed by atoms with Gasteiger partial charge in [-0.1, -0.05) is 20.8 Å². The molecule has 0 aromatic rings. The van der Waals surface area contributed by atoms with E-state index in [1.54, 1.807) is 0 Å². The summed E-state index contributed by atoms with van der Waals surface area (Å²) < 4.78 is 28.7. The summed E-state index contributed by atoms with van der Waals surface area (Å²) >= 11 is 0. The van der Waals surface area contributed by atoms with Crippen molar-refractivity contribution in [3.05, 3.63) is 0 Å². The van der Waals surface area contributed by atoms with E-state index in [0.717, 1.165) is 25.5 Å². The van der Waals surface area contributed by atoms with Crippen LogP contribution in [0.3, 0.4) is 0 Å². The Labute approximate surface area is 198 Å². The van der Waals surface area contributed by atoms with Crippen molar-refractivity contribution in [2.24, 2.45) is 46.3 Å². The predicted molar refractivity (Wildman–Crippen MR) is 124 cm³/mol. The zero-order chi connectivity index (χ0) is 24.3. The van der Waals surface area contributed by atoms with E-state index >= 15 is 0 Å². The van der Waals surface area contributed by atoms with E-state index in [0.29, 0.717) is 32.1 Å². The molecule has 0 saturated heterocycles. The van der Waals surface area contributed by atoms with E-state index in [1.807, 2.05) is 0 Å². The van der Waals surface area contributed by atoms with Crippen LogP contribution in [0.15, 0.2) is 0 Å². The zero-order valence-corrected chi connectivity index (χ0v) is 21.3. The standard InChI is InChI=1S/C25H42O7S/c1-14(5-8-22(28)29)17-6-7-18-23-19(13-21(27)25(17,18)3)24(2)10-9-16(32-33(4,30)31)11-15(24)12-20(23)26/h14-21,23,26-27H,5-13H2,1-4H3,(H,28,29)/t14-,15?,16-,17-,18?,19?,20-,21+,23?,24+,25-/m1/s1. The van der Waals surface area contributed by atoms with Gasteiger partial charge in [0.25, 0.3) is 10.1 Å². The maximum absolute atomic E-state index is 11.7. The molecular weight excluding hydrogens is 444 g/mol. The van der Waals surface area contributed by atoms with E-state index in [9.17, 15) is 23.4 Å². The van der Waals surface area contributed by atoms with Crippen molar-refractivity contribution in [3.8, 4) is 0 Å². The molecule has 0 aliphatic heterocycles. The molecule has 0 aromatic heterocycles. The van der Waals surface area contributed by atoms with Gasteiger partial charge in [0.1, 0.15) is 0 Å². The minimum absolute atomic E-state index is 0.0451. The van der Waals surface area contributed by atoms with Crippen LogP contribution in [0.1, 0.15) is 78.6 Å². The molecule has 0 heterocycles. The molecule has 0 aromatic carbocycles. The Kier molecular flexibility index (Phi) is 6.74. The summed E-state index contributed by atoms with van der Waals surface area (Å²) in [6.45, 7) is 6.60. The van der Waals surface area contributed by atoms with Gasteiger partial charge in [0.15, 0.2) is 0 Å². The van der Waals surface area contributed by atoms with Crippen LogP contribution < -0.4 is 0 Å². The summed E-state index contributed by atoms with van der Waals surface area (Å²) in [4.78, 5) is 11.1. The van der Waals surface area contributed by atoms with E-state index in [2.05, 4.69) is 20.8 Å². The Balaban J connectivity index is 1.56. The molecule has 190 valence electrons. The third-order valence-corrected chi connectivity index (χ3v) is 11.2. The summed E-state index contributed by atoms with van der Waals surface area (Å²) in [6.07, 6.45) is 6.02. The highest BCUT2D eigenvalue weighted by Gasteiger charge is 2.65. The highest BCUT2D eigenvalue weighted by Crippen LogP contribution is 2.68. The van der Waals surface area contributed by atoms with Gasteiger partial charge in [-0.15, -0.1) is 0 Å². The minimum atomic E-state index is -3.51. The molecule has 0 radical (unpaired) electrons. The van der Waals surface area contributed by atoms with Crippen LogP contribution in [0, 0.1) is 46.3 Å². The van der Waals surface area contributed by atoms with Gasteiger partial charge in [0.2, 0.25) is 0 Å². The lowest BCUT2D eigenvalue weighted by molar-refractivity contribution is -0.206. The van der Waals surface area contributed by atoms with Gasteiger partial charge in [-0.25, -0.2) is 0 Å². The van der Waals surface area contributed by atoms with E-state index in [1.165, 1.54) is 0 Å². The van der Waals surface area contributed by atoms with Crippen LogP contribution in [0.4, 0.5) is 0 Å². The molecular formula is C25H42O7S. The van der Waals surface area contributed by atoms with Gasteiger partial charge in [-0.05, 0) is 97.7 Å². The Morgan fingerprint density at radius 3 is 2.42 bits per heavy atom. The topological polar surface area (TPSA) is 121 Å². The van der Waals surface area contributed by atoms with Gasteiger partial charge in [-0.3, -0.25) is 8.98 Å². The molecule has 7 nitrogen and oxygen atoms in total. The number of carbonyl (C=O) groups is 1. The van der Waals surface area contributed by atoms with E-state index < -0.39 is 28.3 Å². The zero-order valence-electron chi connectivity index (χ0n) is 20.4. The van der Waals surface area contributed by atoms with Crippen LogP contribution in [0.25, 0.3) is 0 Å². The maximum Gasteiger partial charge on any atom is 0.303 e. The lowest BCUT2D eigenvalue weighted by Crippen LogP contribution is -2.62. The van der Waals surface area contributed by atoms with Gasteiger partial charge in [0, 0.05) is 6.42 Å². The van der Waals surface area contributed by atoms with E-state index in [-0.39, 0.29) is 58.9 Å². The first-order chi connectivity index (χ1) is 15.3. The molecule has 8 heteroatoms. The fourth-order valence-electron chi connectivity index (χ4n) is 9.00. The van der Waals surface area contributed by atoms with Crippen LogP contribution in [-0.2, 0) is 19.1 Å². The van der Waals surface area contributed by atoms with Crippen molar-refractivity contribution in [1.82, 2.24) is 0 Å². The Bertz CT molecular complexity index is 859. The molecule has 4 unspecified atom stereocenters. The highest BCUT2D eigenvalue weighted by atomic mass is 32.2. The van der Waals surface area contributed by atoms with Crippen LogP contribution >= 0.6 is 0 Å². The molecule has 4 fully saturated rings. The number of hydrogen-bond acceptors (Lipinski definition) is 6. The second-order valence-electron chi connectivity index (χ2n) is 12.2. The minimum Gasteiger partial charge on any atom is -0.481 e. The second-order valence-corrected chi connectivity index (χ2v) is 13.8. The first-order valence-corrected chi connectivity index (χ1v) is 14.5. The van der Waals surface area contributed by atoms with Gasteiger partial charge in [0.05, 0.1) is 24.6 Å². The van der Waals surface area contributed by atoms with Crippen molar-refractivity contribution in [2.75, 3.05) is 6.26 Å². The SMILES string of the molecule is C[C@H](CCC(=O)O)[C@H]1CCC2C3C(C[C@H](O)[C@@]21C)[C@@]1(C)CC[C@@H](OS(C)(=O)=O)CC1C[C@H]3O. The summed E-state index contributed by atoms with van der Waals surface area (Å²) in [5, 5.41) is 32.1. The lowest BCUT2D eigenvalue weighted by atomic mass is 9.43. The quantitative estimate of drug-likeness (QED) is 0.492. The number of carboxylic acids is 1. The largest absolute Gasteiger partial charge is 0.481 e. The average molecular weight is 487 g/mol. The molecule has 0 amide bonds. The third-order valence-electron chi connectivity index (χ3n) is 10.6. The molecule has 3 N–H and O–H groups in total. The molecule has 33 heavy (non-hydrogen) atoms. The highest BCUT2D eigenvalue weighted by molar-refractivity contribution is 7.86. The van der Waals surface area contributed by atoms with Gasteiger partial charge in [-0.2, -0.15) is 8.42 Å². The number of aliphatic hydroxyl groups is 2. The molecule has 0 spiro atoms. The molecule has 0 bridgehead atoms. The van der Waals surface area contributed by atoms with Crippen LogP contribution in [0.2, 0.25) is 0 Å². The molecule has 11 atom stereocenters. The van der Waals surface area contributed by atoms with Gasteiger partial charge >= 0.3 is 5.97 Å². The molecule has 4 aliphatic carbocycles. The van der Waals surface area contributed by atoms with Crippen molar-refractivity contribution in [3.63, 3.8) is 0 Å². The number of rotatable bonds is 6. The van der Waals surface area contributed by atoms with E-state index in [4.69, 9.17) is 9.29 Å². The number of fused-ring (bicyclic) bond motifs is 5. The first-order valence-electron chi connectivity index (χ1n) is 12.7. The second kappa shape index (κ2) is 8.75. The Morgan fingerprint density at radius 2 is 1.79 bits per heavy atom. The molecule has 4 rings (SSSR count). The Hall–Kier alpha value is -0.700. The van der Waals surface area contributed by atoms with Crippen LogP contribution in [0.5, 0.6) is 0 Å². The van der Waals surface area contributed by atoms with Crippen molar-refractivity contribution in [1.29, 1.82) is 0 Å². The first kappa shape index (κ1) is 25.4. The van der Waals surface area contributed by atoms with Gasteiger partial charge < -0.3 is 15.3 Å². The van der Waals surface area contributed by atoms with Crippen molar-refractivity contribution in [2.45, 2.75) is 96.9 Å². The predicted octanol–water partition coefficient (Wildman–Crippen LogP) is 3.43. The summed E-state index contributed by atoms with van der Waals surface area (Å²) in [5.74, 6) is 0.432. The maximum atomic E-state index is 11.7. The number of hydrogen-bond donors (Lipinski definition) is 3. The van der Waals surface area contributed by atoms with Crippen LogP contribution in [-0.4, -0.2) is 54.3 Å². The normalized spacial score (nSPS) is 48.4. The molecule has 4 saturated carbocycles. The lowest BCUT2D eigenvalue weighted by Gasteiger charge is -2.63.